The van der Waals surface area contributed by atoms with Gasteiger partial charge in [-0.1, -0.05) is 40.2 Å². The van der Waals surface area contributed by atoms with E-state index in [1.54, 1.807) is 25.2 Å². The summed E-state index contributed by atoms with van der Waals surface area (Å²) in [6, 6.07) is 0. The Morgan fingerprint density at radius 2 is 2.46 bits per heavy atom. The molecule has 1 rings (SSSR count). The second kappa shape index (κ2) is 4.37. The number of carbonyl (C=O) groups excluding carboxylic acids is 1. The molecule has 0 radical (unpaired) electrons. The van der Waals surface area contributed by atoms with E-state index in [0.29, 0.717) is 12.1 Å². The molecule has 0 saturated heterocycles. The summed E-state index contributed by atoms with van der Waals surface area (Å²) in [5.74, 6) is -0.336. The molecule has 0 aliphatic heterocycles. The number of halogens is 1. The van der Waals surface area contributed by atoms with Crippen LogP contribution in [-0.2, 0) is 4.79 Å². The standard InChI is InChI=1S/C9H10BrNO2/c1-2-9(12)7-4-3-6(10)5-8(7)11-13/h3-5,7,13H,2H2,1H3. The first kappa shape index (κ1) is 10.2. The van der Waals surface area contributed by atoms with Gasteiger partial charge in [-0.15, -0.1) is 0 Å². The molecule has 13 heavy (non-hydrogen) atoms. The fourth-order valence-electron chi connectivity index (χ4n) is 1.15. The molecule has 0 amide bonds. The maximum Gasteiger partial charge on any atom is 0.145 e. The van der Waals surface area contributed by atoms with Crippen LogP contribution in [-0.4, -0.2) is 16.7 Å². The topological polar surface area (TPSA) is 49.7 Å². The van der Waals surface area contributed by atoms with Crippen molar-refractivity contribution in [3.8, 4) is 0 Å². The molecule has 3 nitrogen and oxygen atoms in total. The van der Waals surface area contributed by atoms with E-state index in [4.69, 9.17) is 5.21 Å². The Bertz CT molecular complexity index is 305. The van der Waals surface area contributed by atoms with Crippen LogP contribution in [0.3, 0.4) is 0 Å². The molecule has 1 atom stereocenters. The molecule has 0 bridgehead atoms. The van der Waals surface area contributed by atoms with Gasteiger partial charge in [0.15, 0.2) is 0 Å². The van der Waals surface area contributed by atoms with Crippen molar-refractivity contribution in [2.45, 2.75) is 13.3 Å². The molecular weight excluding hydrogens is 234 g/mol. The fourth-order valence-corrected chi connectivity index (χ4v) is 1.54. The first-order valence-corrected chi connectivity index (χ1v) is 4.78. The maximum atomic E-state index is 11.4. The van der Waals surface area contributed by atoms with E-state index in [2.05, 4.69) is 21.1 Å². The number of allylic oxidation sites excluding steroid dienone is 4. The zero-order chi connectivity index (χ0) is 9.84. The zero-order valence-corrected chi connectivity index (χ0v) is 8.78. The van der Waals surface area contributed by atoms with Crippen molar-refractivity contribution in [2.24, 2.45) is 11.1 Å². The number of nitrogens with zero attached hydrogens (tertiary/aromatic N) is 1. The zero-order valence-electron chi connectivity index (χ0n) is 7.20. The molecule has 1 aliphatic carbocycles. The van der Waals surface area contributed by atoms with Gasteiger partial charge in [0.05, 0.1) is 11.6 Å². The monoisotopic (exact) mass is 243 g/mol. The third-order valence-electron chi connectivity index (χ3n) is 1.86. The van der Waals surface area contributed by atoms with Crippen LogP contribution in [0.25, 0.3) is 0 Å². The summed E-state index contributed by atoms with van der Waals surface area (Å²) in [5, 5.41) is 11.7. The predicted molar refractivity (Wildman–Crippen MR) is 54.2 cm³/mol. The Hall–Kier alpha value is -0.900. The number of oxime groups is 1. The Morgan fingerprint density at radius 3 is 3.00 bits per heavy atom. The third-order valence-corrected chi connectivity index (χ3v) is 2.36. The lowest BCUT2D eigenvalue weighted by atomic mass is 9.93. The molecule has 0 saturated carbocycles. The molecule has 4 heteroatoms. The van der Waals surface area contributed by atoms with Crippen molar-refractivity contribution >= 4 is 27.4 Å². The van der Waals surface area contributed by atoms with Gasteiger partial charge < -0.3 is 5.21 Å². The van der Waals surface area contributed by atoms with E-state index >= 15 is 0 Å². The maximum absolute atomic E-state index is 11.4. The molecule has 0 fully saturated rings. The Balaban J connectivity index is 2.91. The van der Waals surface area contributed by atoms with E-state index in [0.717, 1.165) is 4.48 Å². The van der Waals surface area contributed by atoms with E-state index in [9.17, 15) is 4.79 Å². The number of ketones is 1. The highest BCUT2D eigenvalue weighted by Crippen LogP contribution is 2.19. The molecule has 0 aromatic carbocycles. The number of Topliss-reactive ketones (excluding diaryl/α,β-unsaturated/α-hetero) is 1. The molecule has 1 unspecified atom stereocenters. The van der Waals surface area contributed by atoms with Crippen molar-refractivity contribution in [3.05, 3.63) is 22.7 Å². The van der Waals surface area contributed by atoms with Crippen LogP contribution in [0.1, 0.15) is 13.3 Å². The summed E-state index contributed by atoms with van der Waals surface area (Å²) in [6.07, 6.45) is 5.59. The highest BCUT2D eigenvalue weighted by Gasteiger charge is 2.21. The lowest BCUT2D eigenvalue weighted by Crippen LogP contribution is -2.22. The predicted octanol–water partition coefficient (Wildman–Crippen LogP) is 2.26. The number of hydrogen-bond acceptors (Lipinski definition) is 3. The molecule has 0 heterocycles. The largest absolute Gasteiger partial charge is 0.411 e. The lowest BCUT2D eigenvalue weighted by Gasteiger charge is -2.13. The van der Waals surface area contributed by atoms with Crippen LogP contribution in [0.4, 0.5) is 0 Å². The van der Waals surface area contributed by atoms with Gasteiger partial charge in [-0.2, -0.15) is 0 Å². The van der Waals surface area contributed by atoms with Gasteiger partial charge in [-0.05, 0) is 6.08 Å². The fraction of sp³-hybridized carbons (Fsp3) is 0.333. The first-order valence-electron chi connectivity index (χ1n) is 3.99. The molecular formula is C9H10BrNO2. The minimum absolute atomic E-state index is 0.0558. The average molecular weight is 244 g/mol. The molecule has 1 N–H and O–H groups in total. The van der Waals surface area contributed by atoms with E-state index in [-0.39, 0.29) is 5.78 Å². The van der Waals surface area contributed by atoms with Crippen molar-refractivity contribution in [1.82, 2.24) is 0 Å². The van der Waals surface area contributed by atoms with Gasteiger partial charge >= 0.3 is 0 Å². The summed E-state index contributed by atoms with van der Waals surface area (Å²) in [5.41, 5.74) is 0.390. The van der Waals surface area contributed by atoms with Gasteiger partial charge in [0.2, 0.25) is 0 Å². The van der Waals surface area contributed by atoms with E-state index < -0.39 is 5.92 Å². The second-order valence-corrected chi connectivity index (χ2v) is 3.63. The molecule has 0 spiro atoms. The van der Waals surface area contributed by atoms with Gasteiger partial charge in [0.25, 0.3) is 0 Å². The number of carbonyl (C=O) groups is 1. The second-order valence-electron chi connectivity index (χ2n) is 2.71. The Morgan fingerprint density at radius 1 is 1.77 bits per heavy atom. The van der Waals surface area contributed by atoms with Crippen LogP contribution >= 0.6 is 15.9 Å². The van der Waals surface area contributed by atoms with Gasteiger partial charge in [-0.25, -0.2) is 0 Å². The van der Waals surface area contributed by atoms with Crippen LogP contribution in [0.5, 0.6) is 0 Å². The van der Waals surface area contributed by atoms with Crippen molar-refractivity contribution in [2.75, 3.05) is 0 Å². The average Bonchev–Trinajstić information content (AvgIpc) is 2.16. The lowest BCUT2D eigenvalue weighted by molar-refractivity contribution is -0.119. The van der Waals surface area contributed by atoms with Gasteiger partial charge in [0, 0.05) is 10.9 Å². The van der Waals surface area contributed by atoms with Crippen molar-refractivity contribution < 1.29 is 10.0 Å². The van der Waals surface area contributed by atoms with E-state index in [1.807, 2.05) is 0 Å². The summed E-state index contributed by atoms with van der Waals surface area (Å²) >= 11 is 3.24. The van der Waals surface area contributed by atoms with Crippen LogP contribution in [0.2, 0.25) is 0 Å². The molecule has 0 aromatic rings. The minimum Gasteiger partial charge on any atom is -0.411 e. The third kappa shape index (κ3) is 2.28. The van der Waals surface area contributed by atoms with Crippen molar-refractivity contribution in [1.29, 1.82) is 0 Å². The van der Waals surface area contributed by atoms with E-state index in [1.165, 1.54) is 0 Å². The summed E-state index contributed by atoms with van der Waals surface area (Å²) in [6.45, 7) is 1.79. The summed E-state index contributed by atoms with van der Waals surface area (Å²) in [4.78, 5) is 11.4. The Labute approximate surface area is 84.9 Å². The highest BCUT2D eigenvalue weighted by molar-refractivity contribution is 9.11. The molecule has 0 aromatic heterocycles. The first-order chi connectivity index (χ1) is 6.19. The van der Waals surface area contributed by atoms with Crippen molar-refractivity contribution in [3.63, 3.8) is 0 Å². The van der Waals surface area contributed by atoms with Gasteiger partial charge in [-0.3, -0.25) is 4.79 Å². The van der Waals surface area contributed by atoms with Gasteiger partial charge in [0.1, 0.15) is 5.78 Å². The Kier molecular flexibility index (Phi) is 3.42. The molecule has 1 aliphatic rings. The summed E-state index contributed by atoms with van der Waals surface area (Å²) < 4.78 is 0.806. The van der Waals surface area contributed by atoms with Crippen LogP contribution in [0.15, 0.2) is 27.9 Å². The minimum atomic E-state index is -0.392. The SMILES string of the molecule is CCC(=O)C1C=CC(Br)=CC1=NO. The van der Waals surface area contributed by atoms with Crippen LogP contribution < -0.4 is 0 Å². The van der Waals surface area contributed by atoms with Crippen LogP contribution in [0, 0.1) is 5.92 Å². The summed E-state index contributed by atoms with van der Waals surface area (Å²) in [7, 11) is 0. The normalized spacial score (nSPS) is 24.6. The number of hydrogen-bond donors (Lipinski definition) is 1. The number of rotatable bonds is 2. The molecule has 70 valence electrons. The quantitative estimate of drug-likeness (QED) is 0.598. The highest BCUT2D eigenvalue weighted by atomic mass is 79.9. The smallest absolute Gasteiger partial charge is 0.145 e.